The molecule has 1 aliphatic carbocycles. The van der Waals surface area contributed by atoms with Crippen molar-refractivity contribution in [3.05, 3.63) is 5.82 Å². The van der Waals surface area contributed by atoms with Crippen molar-refractivity contribution in [3.8, 4) is 11.8 Å². The fraction of sp³-hybridized carbons (Fsp3) is 0.688. The number of nitrogens with one attached hydrogen (secondary N) is 2. The monoisotopic (exact) mass is 377 g/mol. The second kappa shape index (κ2) is 8.01. The zero-order valence-electron chi connectivity index (χ0n) is 14.4. The van der Waals surface area contributed by atoms with Crippen LogP contribution >= 0.6 is 0 Å². The summed E-state index contributed by atoms with van der Waals surface area (Å²) < 4.78 is 64.1. The summed E-state index contributed by atoms with van der Waals surface area (Å²) in [5, 5.41) is 5.02. The van der Waals surface area contributed by atoms with Crippen molar-refractivity contribution < 1.29 is 22.0 Å². The van der Waals surface area contributed by atoms with E-state index < -0.39 is 24.1 Å². The molecule has 1 atom stereocenters. The van der Waals surface area contributed by atoms with Gasteiger partial charge in [0, 0.05) is 6.54 Å². The predicted octanol–water partition coefficient (Wildman–Crippen LogP) is 3.84. The van der Waals surface area contributed by atoms with Gasteiger partial charge in [-0.15, -0.1) is 0 Å². The molecule has 10 heteroatoms. The maximum Gasteiger partial charge on any atom is 0.408 e. The highest BCUT2D eigenvalue weighted by Gasteiger charge is 2.50. The van der Waals surface area contributed by atoms with Gasteiger partial charge in [0.05, 0.1) is 5.41 Å². The Kier molecular flexibility index (Phi) is 6.21. The summed E-state index contributed by atoms with van der Waals surface area (Å²) in [7, 11) is 0. The van der Waals surface area contributed by atoms with E-state index in [-0.39, 0.29) is 30.6 Å². The lowest BCUT2D eigenvalue weighted by Gasteiger charge is -2.17. The highest BCUT2D eigenvalue weighted by Crippen LogP contribution is 2.50. The number of hydrogen-bond acceptors (Lipinski definition) is 5. The minimum absolute atomic E-state index is 0.0523. The number of unbranched alkanes of at least 4 members (excludes halogenated alkanes) is 1. The first-order valence-electron chi connectivity index (χ1n) is 8.31. The predicted molar refractivity (Wildman–Crippen MR) is 86.9 cm³/mol. The summed E-state index contributed by atoms with van der Waals surface area (Å²) in [4.78, 5) is 11.7. The SMILES string of the molecule is CCCCNc1nc(C#CC2(C(F)F)CC2)nc(N[C@H](C)C(F)(F)F)n1. The normalized spacial score (nSPS) is 16.6. The number of alkyl halides is 5. The lowest BCUT2D eigenvalue weighted by atomic mass is 10.1. The van der Waals surface area contributed by atoms with Gasteiger partial charge >= 0.3 is 6.18 Å². The molecule has 144 valence electrons. The quantitative estimate of drug-likeness (QED) is 0.429. The van der Waals surface area contributed by atoms with Crippen LogP contribution in [0.2, 0.25) is 0 Å². The van der Waals surface area contributed by atoms with Gasteiger partial charge in [-0.1, -0.05) is 19.3 Å². The van der Waals surface area contributed by atoms with Gasteiger partial charge in [-0.2, -0.15) is 28.1 Å². The van der Waals surface area contributed by atoms with Gasteiger partial charge in [0.25, 0.3) is 6.43 Å². The molecule has 1 saturated carbocycles. The molecule has 26 heavy (non-hydrogen) atoms. The van der Waals surface area contributed by atoms with Crippen molar-refractivity contribution in [1.82, 2.24) is 15.0 Å². The number of aromatic nitrogens is 3. The van der Waals surface area contributed by atoms with Crippen molar-refractivity contribution in [2.45, 2.75) is 58.2 Å². The number of hydrogen-bond donors (Lipinski definition) is 2. The first kappa shape index (κ1) is 20.1. The molecule has 2 N–H and O–H groups in total. The standard InChI is InChI=1S/C16H20F5N5/c1-3-4-9-22-13-24-11(5-6-15(7-8-15)12(17)18)25-14(26-13)23-10(2)16(19,20)21/h10,12H,3-4,7-9H2,1-2H3,(H2,22,23,24,25,26)/t10-/m1/s1. The minimum Gasteiger partial charge on any atom is -0.354 e. The highest BCUT2D eigenvalue weighted by molar-refractivity contribution is 5.40. The Morgan fingerprint density at radius 3 is 2.35 bits per heavy atom. The maximum atomic E-state index is 12.9. The Morgan fingerprint density at radius 1 is 1.15 bits per heavy atom. The molecule has 2 rings (SSSR count). The highest BCUT2D eigenvalue weighted by atomic mass is 19.4. The van der Waals surface area contributed by atoms with Crippen LogP contribution in [0.15, 0.2) is 0 Å². The van der Waals surface area contributed by atoms with Crippen LogP contribution in [0, 0.1) is 17.3 Å². The summed E-state index contributed by atoms with van der Waals surface area (Å²) in [6.07, 6.45) is -4.80. The molecule has 5 nitrogen and oxygen atoms in total. The van der Waals surface area contributed by atoms with Gasteiger partial charge in [0.1, 0.15) is 6.04 Å². The van der Waals surface area contributed by atoms with Gasteiger partial charge in [-0.05, 0) is 32.1 Å². The van der Waals surface area contributed by atoms with Gasteiger partial charge in [0.15, 0.2) is 0 Å². The van der Waals surface area contributed by atoms with Crippen molar-refractivity contribution in [3.63, 3.8) is 0 Å². The third kappa shape index (κ3) is 5.41. The molecule has 1 aliphatic rings. The first-order valence-corrected chi connectivity index (χ1v) is 8.31. The van der Waals surface area contributed by atoms with E-state index in [0.29, 0.717) is 6.54 Å². The molecule has 0 saturated heterocycles. The zero-order chi connectivity index (χ0) is 19.4. The van der Waals surface area contributed by atoms with Crippen LogP contribution in [0.25, 0.3) is 0 Å². The van der Waals surface area contributed by atoms with Gasteiger partial charge in [-0.25, -0.2) is 8.78 Å². The fourth-order valence-electron chi connectivity index (χ4n) is 1.94. The van der Waals surface area contributed by atoms with Crippen molar-refractivity contribution in [2.75, 3.05) is 17.2 Å². The van der Waals surface area contributed by atoms with Crippen molar-refractivity contribution in [2.24, 2.45) is 5.41 Å². The van der Waals surface area contributed by atoms with Crippen LogP contribution in [-0.2, 0) is 0 Å². The number of halogens is 5. The molecule has 0 bridgehead atoms. The van der Waals surface area contributed by atoms with Gasteiger partial charge < -0.3 is 10.6 Å². The molecule has 0 aromatic carbocycles. The van der Waals surface area contributed by atoms with Crippen LogP contribution in [0.4, 0.5) is 33.8 Å². The molecule has 1 fully saturated rings. The lowest BCUT2D eigenvalue weighted by molar-refractivity contribution is -0.138. The number of nitrogens with zero attached hydrogens (tertiary/aromatic N) is 3. The Balaban J connectivity index is 2.24. The first-order chi connectivity index (χ1) is 12.2. The summed E-state index contributed by atoms with van der Waals surface area (Å²) in [6.45, 7) is 3.42. The molecular weight excluding hydrogens is 357 g/mol. The summed E-state index contributed by atoms with van der Waals surface area (Å²) in [5.74, 6) is 4.51. The zero-order valence-corrected chi connectivity index (χ0v) is 14.4. The van der Waals surface area contributed by atoms with E-state index in [2.05, 4.69) is 37.4 Å². The Bertz CT molecular complexity index is 676. The van der Waals surface area contributed by atoms with E-state index in [9.17, 15) is 22.0 Å². The van der Waals surface area contributed by atoms with E-state index in [1.54, 1.807) is 0 Å². The van der Waals surface area contributed by atoms with E-state index in [0.717, 1.165) is 19.8 Å². The molecule has 1 aromatic heterocycles. The number of rotatable bonds is 7. The third-order valence-electron chi connectivity index (χ3n) is 3.92. The van der Waals surface area contributed by atoms with Crippen LogP contribution in [0.5, 0.6) is 0 Å². The van der Waals surface area contributed by atoms with Crippen LogP contribution in [-0.4, -0.2) is 40.1 Å². The molecule has 0 unspecified atom stereocenters. The molecule has 0 aliphatic heterocycles. The largest absolute Gasteiger partial charge is 0.408 e. The maximum absolute atomic E-state index is 12.9. The molecule has 1 aromatic rings. The number of anilines is 2. The average molecular weight is 377 g/mol. The van der Waals surface area contributed by atoms with Crippen LogP contribution in [0.1, 0.15) is 45.4 Å². The van der Waals surface area contributed by atoms with Crippen LogP contribution in [0.3, 0.4) is 0 Å². The van der Waals surface area contributed by atoms with E-state index in [1.807, 2.05) is 6.92 Å². The Hall–Kier alpha value is -2.18. The Morgan fingerprint density at radius 2 is 1.81 bits per heavy atom. The summed E-state index contributed by atoms with van der Waals surface area (Å²) in [6, 6.07) is -1.88. The minimum atomic E-state index is -4.48. The molecule has 1 heterocycles. The second-order valence-corrected chi connectivity index (χ2v) is 6.20. The molecule has 0 spiro atoms. The smallest absolute Gasteiger partial charge is 0.354 e. The van der Waals surface area contributed by atoms with Crippen molar-refractivity contribution in [1.29, 1.82) is 0 Å². The van der Waals surface area contributed by atoms with Gasteiger partial charge in [-0.3, -0.25) is 0 Å². The summed E-state index contributed by atoms with van der Waals surface area (Å²) >= 11 is 0. The topological polar surface area (TPSA) is 62.7 Å². The van der Waals surface area contributed by atoms with Crippen molar-refractivity contribution >= 4 is 11.9 Å². The lowest BCUT2D eigenvalue weighted by Crippen LogP contribution is -2.34. The average Bonchev–Trinajstić information content (AvgIpc) is 3.33. The van der Waals surface area contributed by atoms with E-state index in [4.69, 9.17) is 0 Å². The molecular formula is C16H20F5N5. The second-order valence-electron chi connectivity index (χ2n) is 6.20. The molecule has 0 amide bonds. The van der Waals surface area contributed by atoms with E-state index >= 15 is 0 Å². The van der Waals surface area contributed by atoms with Gasteiger partial charge in [0.2, 0.25) is 17.7 Å². The summed E-state index contributed by atoms with van der Waals surface area (Å²) in [5.41, 5.74) is -1.35. The van der Waals surface area contributed by atoms with E-state index in [1.165, 1.54) is 0 Å². The van der Waals surface area contributed by atoms with Crippen LogP contribution < -0.4 is 10.6 Å². The Labute approximate surface area is 148 Å². The fourth-order valence-corrected chi connectivity index (χ4v) is 1.94. The third-order valence-corrected chi connectivity index (χ3v) is 3.92. The molecule has 0 radical (unpaired) electrons.